The lowest BCUT2D eigenvalue weighted by Gasteiger charge is -2.18. The first-order valence-corrected chi connectivity index (χ1v) is 9.43. The van der Waals surface area contributed by atoms with Crippen molar-refractivity contribution in [1.82, 2.24) is 19.4 Å². The second-order valence-corrected chi connectivity index (χ2v) is 7.19. The Hall–Kier alpha value is -3.41. The van der Waals surface area contributed by atoms with Crippen LogP contribution in [0.5, 0.6) is 0 Å². The van der Waals surface area contributed by atoms with Gasteiger partial charge in [0, 0.05) is 24.8 Å². The molecule has 6 nitrogen and oxygen atoms in total. The number of imidazole rings is 1. The molecule has 3 aromatic heterocycles. The van der Waals surface area contributed by atoms with E-state index >= 15 is 0 Å². The fourth-order valence-corrected chi connectivity index (χ4v) is 3.87. The predicted octanol–water partition coefficient (Wildman–Crippen LogP) is 4.09. The summed E-state index contributed by atoms with van der Waals surface area (Å²) in [6, 6.07) is 15.4. The quantitative estimate of drug-likeness (QED) is 0.543. The van der Waals surface area contributed by atoms with Gasteiger partial charge in [-0.05, 0) is 49.7 Å². The van der Waals surface area contributed by atoms with Crippen molar-refractivity contribution in [2.24, 2.45) is 0 Å². The number of likely N-dealkylation sites (tertiary alicyclic amines) is 1. The normalized spacial score (nSPS) is 16.8. The molecular formula is C22H20N4O2. The van der Waals surface area contributed by atoms with E-state index in [1.165, 1.54) is 0 Å². The van der Waals surface area contributed by atoms with E-state index in [9.17, 15) is 4.79 Å². The Labute approximate surface area is 162 Å². The maximum absolute atomic E-state index is 12.9. The average Bonchev–Trinajstić information content (AvgIpc) is 3.46. The van der Waals surface area contributed by atoms with E-state index in [1.807, 2.05) is 60.4 Å². The third-order valence-electron chi connectivity index (χ3n) is 5.30. The molecule has 0 bridgehead atoms. The number of fused-ring (bicyclic) bond motifs is 1. The molecule has 5 rings (SSSR count). The Balaban J connectivity index is 1.49. The van der Waals surface area contributed by atoms with Crippen molar-refractivity contribution in [2.75, 3.05) is 13.1 Å². The number of carbonyl (C=O) groups excluding carboxylic acids is 1. The summed E-state index contributed by atoms with van der Waals surface area (Å²) in [5.41, 5.74) is 3.53. The highest BCUT2D eigenvalue weighted by molar-refractivity contribution is 5.94. The second kappa shape index (κ2) is 6.64. The molecule has 1 amide bonds. The van der Waals surface area contributed by atoms with Gasteiger partial charge in [0.15, 0.2) is 17.2 Å². The summed E-state index contributed by atoms with van der Waals surface area (Å²) in [6.45, 7) is 3.36. The molecule has 4 aromatic rings. The Bertz CT molecular complexity index is 1130. The van der Waals surface area contributed by atoms with Gasteiger partial charge < -0.3 is 13.9 Å². The van der Waals surface area contributed by atoms with Crippen LogP contribution in [0.25, 0.3) is 22.7 Å². The third kappa shape index (κ3) is 2.78. The van der Waals surface area contributed by atoms with Gasteiger partial charge in [-0.3, -0.25) is 4.79 Å². The SMILES string of the molecule is Cc1ccc(C(=O)N2CC[C@@H](n3c(-c4ccco4)nc4cccnc43)C2)cc1. The Morgan fingerprint density at radius 3 is 2.79 bits per heavy atom. The first-order valence-electron chi connectivity index (χ1n) is 9.43. The number of carbonyl (C=O) groups is 1. The Morgan fingerprint density at radius 2 is 2.00 bits per heavy atom. The van der Waals surface area contributed by atoms with E-state index in [-0.39, 0.29) is 11.9 Å². The Morgan fingerprint density at radius 1 is 1.14 bits per heavy atom. The number of hydrogen-bond acceptors (Lipinski definition) is 4. The number of furan rings is 1. The molecule has 1 aliphatic heterocycles. The number of benzene rings is 1. The number of rotatable bonds is 3. The highest BCUT2D eigenvalue weighted by Gasteiger charge is 2.31. The van der Waals surface area contributed by atoms with E-state index in [1.54, 1.807) is 12.5 Å². The van der Waals surface area contributed by atoms with Gasteiger partial charge in [-0.1, -0.05) is 17.7 Å². The van der Waals surface area contributed by atoms with Crippen molar-refractivity contribution in [2.45, 2.75) is 19.4 Å². The van der Waals surface area contributed by atoms with Gasteiger partial charge in [0.1, 0.15) is 5.52 Å². The zero-order valence-corrected chi connectivity index (χ0v) is 15.6. The van der Waals surface area contributed by atoms with Gasteiger partial charge in [0.2, 0.25) is 0 Å². The van der Waals surface area contributed by atoms with Crippen LogP contribution in [0.1, 0.15) is 28.4 Å². The molecule has 0 spiro atoms. The zero-order chi connectivity index (χ0) is 19.1. The molecule has 140 valence electrons. The highest BCUT2D eigenvalue weighted by Crippen LogP contribution is 2.32. The lowest BCUT2D eigenvalue weighted by molar-refractivity contribution is 0.0788. The van der Waals surface area contributed by atoms with Gasteiger partial charge in [-0.25, -0.2) is 9.97 Å². The zero-order valence-electron chi connectivity index (χ0n) is 15.6. The molecule has 4 heterocycles. The van der Waals surface area contributed by atoms with Gasteiger partial charge in [-0.2, -0.15) is 0 Å². The van der Waals surface area contributed by atoms with Gasteiger partial charge in [0.25, 0.3) is 5.91 Å². The fourth-order valence-electron chi connectivity index (χ4n) is 3.87. The van der Waals surface area contributed by atoms with Crippen LogP contribution in [0.3, 0.4) is 0 Å². The Kier molecular flexibility index (Phi) is 3.97. The number of hydrogen-bond donors (Lipinski definition) is 0. The maximum Gasteiger partial charge on any atom is 0.253 e. The minimum absolute atomic E-state index is 0.0689. The summed E-state index contributed by atoms with van der Waals surface area (Å²) in [5, 5.41) is 0. The van der Waals surface area contributed by atoms with Crippen molar-refractivity contribution < 1.29 is 9.21 Å². The van der Waals surface area contributed by atoms with Crippen molar-refractivity contribution >= 4 is 17.1 Å². The van der Waals surface area contributed by atoms with Crippen LogP contribution in [-0.4, -0.2) is 38.4 Å². The number of aromatic nitrogens is 3. The smallest absolute Gasteiger partial charge is 0.253 e. The van der Waals surface area contributed by atoms with Gasteiger partial charge in [0.05, 0.1) is 12.3 Å². The van der Waals surface area contributed by atoms with Crippen molar-refractivity contribution in [1.29, 1.82) is 0 Å². The molecule has 1 fully saturated rings. The average molecular weight is 372 g/mol. The third-order valence-corrected chi connectivity index (χ3v) is 5.30. The topological polar surface area (TPSA) is 64.2 Å². The summed E-state index contributed by atoms with van der Waals surface area (Å²) in [6.07, 6.45) is 4.28. The molecule has 1 saturated heterocycles. The van der Waals surface area contributed by atoms with Crippen LogP contribution in [0, 0.1) is 6.92 Å². The molecule has 0 saturated carbocycles. The summed E-state index contributed by atoms with van der Waals surface area (Å²) < 4.78 is 7.73. The van der Waals surface area contributed by atoms with Gasteiger partial charge >= 0.3 is 0 Å². The van der Waals surface area contributed by atoms with E-state index in [2.05, 4.69) is 9.55 Å². The van der Waals surface area contributed by atoms with E-state index in [4.69, 9.17) is 9.40 Å². The van der Waals surface area contributed by atoms with Crippen LogP contribution >= 0.6 is 0 Å². The summed E-state index contributed by atoms with van der Waals surface area (Å²) in [7, 11) is 0. The maximum atomic E-state index is 12.9. The first kappa shape index (κ1) is 16.7. The molecule has 0 unspecified atom stereocenters. The minimum Gasteiger partial charge on any atom is -0.461 e. The molecule has 1 aromatic carbocycles. The standard InChI is InChI=1S/C22H20N4O2/c1-15-6-8-16(9-7-15)22(27)25-12-10-17(14-25)26-20-18(4-2-11-23-20)24-21(26)19-5-3-13-28-19/h2-9,11,13,17H,10,12,14H2,1H3/t17-/m1/s1. The monoisotopic (exact) mass is 372 g/mol. The molecular weight excluding hydrogens is 352 g/mol. The molecule has 0 aliphatic carbocycles. The largest absolute Gasteiger partial charge is 0.461 e. The summed E-state index contributed by atoms with van der Waals surface area (Å²) in [4.78, 5) is 24.1. The molecule has 1 atom stereocenters. The van der Waals surface area contributed by atoms with E-state index < -0.39 is 0 Å². The lowest BCUT2D eigenvalue weighted by Crippen LogP contribution is -2.29. The number of pyridine rings is 1. The van der Waals surface area contributed by atoms with Gasteiger partial charge in [-0.15, -0.1) is 0 Å². The minimum atomic E-state index is 0.0689. The van der Waals surface area contributed by atoms with Crippen molar-refractivity contribution in [3.05, 3.63) is 72.1 Å². The van der Waals surface area contributed by atoms with E-state index in [0.717, 1.165) is 34.5 Å². The highest BCUT2D eigenvalue weighted by atomic mass is 16.3. The van der Waals surface area contributed by atoms with Crippen LogP contribution in [0.15, 0.2) is 65.4 Å². The molecule has 0 radical (unpaired) electrons. The van der Waals surface area contributed by atoms with Crippen LogP contribution in [0.4, 0.5) is 0 Å². The van der Waals surface area contributed by atoms with Crippen molar-refractivity contribution in [3.63, 3.8) is 0 Å². The number of aryl methyl sites for hydroxylation is 1. The summed E-state index contributed by atoms with van der Waals surface area (Å²) in [5.74, 6) is 1.54. The molecule has 6 heteroatoms. The molecule has 0 N–H and O–H groups in total. The molecule has 1 aliphatic rings. The van der Waals surface area contributed by atoms with Crippen LogP contribution < -0.4 is 0 Å². The van der Waals surface area contributed by atoms with Crippen LogP contribution in [0.2, 0.25) is 0 Å². The van der Waals surface area contributed by atoms with E-state index in [0.29, 0.717) is 18.8 Å². The number of amides is 1. The predicted molar refractivity (Wildman–Crippen MR) is 106 cm³/mol. The second-order valence-electron chi connectivity index (χ2n) is 7.19. The number of nitrogens with zero attached hydrogens (tertiary/aromatic N) is 4. The van der Waals surface area contributed by atoms with Crippen LogP contribution in [-0.2, 0) is 0 Å². The lowest BCUT2D eigenvalue weighted by atomic mass is 10.1. The molecule has 28 heavy (non-hydrogen) atoms. The first-order chi connectivity index (χ1) is 13.7. The fraction of sp³-hybridized carbons (Fsp3) is 0.227. The summed E-state index contributed by atoms with van der Waals surface area (Å²) >= 11 is 0. The van der Waals surface area contributed by atoms with Crippen molar-refractivity contribution in [3.8, 4) is 11.6 Å².